The van der Waals surface area contributed by atoms with Crippen LogP contribution in [0.5, 0.6) is 5.75 Å². The zero-order valence-corrected chi connectivity index (χ0v) is 14.2. The molecule has 0 bridgehead atoms. The molecular formula is C17H21FN4O4. The molecule has 1 heterocycles. The van der Waals surface area contributed by atoms with Crippen LogP contribution in [-0.2, 0) is 4.79 Å². The Kier molecular flexibility index (Phi) is 6.84. The fourth-order valence-electron chi connectivity index (χ4n) is 2.09. The van der Waals surface area contributed by atoms with E-state index in [-0.39, 0.29) is 18.6 Å². The zero-order chi connectivity index (χ0) is 19.1. The van der Waals surface area contributed by atoms with Crippen molar-refractivity contribution >= 4 is 11.8 Å². The first-order chi connectivity index (χ1) is 12.3. The van der Waals surface area contributed by atoms with Gasteiger partial charge >= 0.3 is 5.97 Å². The molecule has 0 aliphatic carbocycles. The number of amidine groups is 1. The summed E-state index contributed by atoms with van der Waals surface area (Å²) in [5.74, 6) is -0.436. The Morgan fingerprint density at radius 2 is 2.12 bits per heavy atom. The van der Waals surface area contributed by atoms with Gasteiger partial charge in [0.2, 0.25) is 0 Å². The number of hydrazine groups is 2. The second-order valence-corrected chi connectivity index (χ2v) is 5.70. The number of halogens is 1. The molecule has 2 rings (SSSR count). The van der Waals surface area contributed by atoms with Crippen molar-refractivity contribution < 1.29 is 24.1 Å². The average Bonchev–Trinajstić information content (AvgIpc) is 3.01. The van der Waals surface area contributed by atoms with Gasteiger partial charge in [0.15, 0.2) is 5.84 Å². The summed E-state index contributed by atoms with van der Waals surface area (Å²) >= 11 is 0. The predicted octanol–water partition coefficient (Wildman–Crippen LogP) is 0.614. The van der Waals surface area contributed by atoms with Gasteiger partial charge in [-0.1, -0.05) is 18.7 Å². The standard InChI is InChI=1S/C17H21FN4O4/c1-11(17-19-21-22(2)20-17)3-6-13(23)9-14(24)10-16(25)26-15-7-4-12(18)5-8-15/h3-8,13-14,21,23-24H,1,9-10H2,2H3,(H,19,20). The van der Waals surface area contributed by atoms with E-state index in [0.29, 0.717) is 11.4 Å². The maximum atomic E-state index is 12.8. The molecule has 26 heavy (non-hydrogen) atoms. The summed E-state index contributed by atoms with van der Waals surface area (Å²) < 4.78 is 17.8. The van der Waals surface area contributed by atoms with Gasteiger partial charge in [0.1, 0.15) is 11.6 Å². The van der Waals surface area contributed by atoms with Crippen LogP contribution < -0.4 is 15.7 Å². The fourth-order valence-corrected chi connectivity index (χ4v) is 2.09. The maximum absolute atomic E-state index is 12.8. The number of aliphatic hydroxyl groups is 2. The van der Waals surface area contributed by atoms with Gasteiger partial charge in [0, 0.05) is 19.0 Å². The Labute approximate surface area is 150 Å². The summed E-state index contributed by atoms with van der Waals surface area (Å²) in [6, 6.07) is 4.96. The van der Waals surface area contributed by atoms with E-state index in [0.717, 1.165) is 12.1 Å². The minimum absolute atomic E-state index is 0.0552. The lowest BCUT2D eigenvalue weighted by atomic mass is 10.1. The van der Waals surface area contributed by atoms with Crippen LogP contribution in [0, 0.1) is 5.82 Å². The highest BCUT2D eigenvalue weighted by Gasteiger charge is 2.16. The molecule has 2 unspecified atom stereocenters. The third-order valence-corrected chi connectivity index (χ3v) is 3.37. The van der Waals surface area contributed by atoms with Crippen molar-refractivity contribution in [1.82, 2.24) is 16.1 Å². The number of nitrogens with one attached hydrogen (secondary N) is 2. The lowest BCUT2D eigenvalue weighted by Crippen LogP contribution is -2.37. The molecular weight excluding hydrogens is 343 g/mol. The van der Waals surface area contributed by atoms with Gasteiger partial charge in [-0.2, -0.15) is 0 Å². The van der Waals surface area contributed by atoms with Crippen LogP contribution >= 0.6 is 0 Å². The molecule has 0 saturated carbocycles. The molecule has 0 fully saturated rings. The van der Waals surface area contributed by atoms with Gasteiger partial charge in [-0.05, 0) is 24.3 Å². The molecule has 0 aromatic heterocycles. The molecule has 1 aliphatic heterocycles. The van der Waals surface area contributed by atoms with Gasteiger partial charge in [0.25, 0.3) is 0 Å². The van der Waals surface area contributed by atoms with Gasteiger partial charge in [-0.25, -0.2) is 9.93 Å². The van der Waals surface area contributed by atoms with Crippen LogP contribution in [0.25, 0.3) is 0 Å². The highest BCUT2D eigenvalue weighted by Crippen LogP contribution is 2.13. The van der Waals surface area contributed by atoms with E-state index >= 15 is 0 Å². The van der Waals surface area contributed by atoms with Crippen LogP contribution in [0.15, 0.2) is 53.7 Å². The van der Waals surface area contributed by atoms with Crippen LogP contribution in [0.2, 0.25) is 0 Å². The van der Waals surface area contributed by atoms with E-state index in [1.54, 1.807) is 13.1 Å². The fraction of sp³-hybridized carbons (Fsp3) is 0.294. The van der Waals surface area contributed by atoms with Gasteiger partial charge in [0.05, 0.1) is 18.6 Å². The van der Waals surface area contributed by atoms with Crippen molar-refractivity contribution in [3.8, 4) is 5.75 Å². The minimum atomic E-state index is -1.09. The molecule has 0 amide bonds. The predicted molar refractivity (Wildman–Crippen MR) is 93.0 cm³/mol. The summed E-state index contributed by atoms with van der Waals surface area (Å²) in [5, 5.41) is 25.3. The van der Waals surface area contributed by atoms with Crippen LogP contribution in [0.3, 0.4) is 0 Å². The van der Waals surface area contributed by atoms with Crippen molar-refractivity contribution in [3.63, 3.8) is 0 Å². The maximum Gasteiger partial charge on any atom is 0.313 e. The van der Waals surface area contributed by atoms with Gasteiger partial charge in [-0.15, -0.1) is 10.2 Å². The number of nitrogens with zero attached hydrogens (tertiary/aromatic N) is 2. The van der Waals surface area contributed by atoms with Gasteiger partial charge in [-0.3, -0.25) is 10.2 Å². The molecule has 0 saturated heterocycles. The van der Waals surface area contributed by atoms with E-state index < -0.39 is 24.0 Å². The average molecular weight is 364 g/mol. The van der Waals surface area contributed by atoms with Crippen LogP contribution in [0.1, 0.15) is 12.8 Å². The molecule has 1 aliphatic rings. The van der Waals surface area contributed by atoms with E-state index in [2.05, 4.69) is 22.6 Å². The third kappa shape index (κ3) is 6.28. The van der Waals surface area contributed by atoms with Crippen LogP contribution in [-0.4, -0.2) is 46.4 Å². The highest BCUT2D eigenvalue weighted by atomic mass is 19.1. The Hall–Kier alpha value is -2.75. The summed E-state index contributed by atoms with van der Waals surface area (Å²) in [6.07, 6.45) is 0.575. The number of rotatable bonds is 8. The summed E-state index contributed by atoms with van der Waals surface area (Å²) in [6.45, 7) is 3.80. The first-order valence-electron chi connectivity index (χ1n) is 7.87. The SMILES string of the molecule is C=C(C=CC(O)CC(O)CC(=O)Oc1ccc(F)cc1)C1=NNN(C)N1. The quantitative estimate of drug-likeness (QED) is 0.304. The lowest BCUT2D eigenvalue weighted by Gasteiger charge is -2.13. The molecule has 1 aromatic carbocycles. The molecule has 140 valence electrons. The third-order valence-electron chi connectivity index (χ3n) is 3.37. The number of benzene rings is 1. The molecule has 8 nitrogen and oxygen atoms in total. The van der Waals surface area contributed by atoms with E-state index in [4.69, 9.17) is 4.74 Å². The zero-order valence-electron chi connectivity index (χ0n) is 14.2. The summed E-state index contributed by atoms with van der Waals surface area (Å²) in [7, 11) is 1.73. The lowest BCUT2D eigenvalue weighted by molar-refractivity contribution is -0.136. The molecule has 0 spiro atoms. The minimum Gasteiger partial charge on any atom is -0.426 e. The highest BCUT2D eigenvalue weighted by molar-refractivity contribution is 6.00. The monoisotopic (exact) mass is 364 g/mol. The van der Waals surface area contributed by atoms with Crippen molar-refractivity contribution in [2.45, 2.75) is 25.0 Å². The number of carbonyl (C=O) groups excluding carboxylic acids is 1. The molecule has 2 atom stereocenters. The number of carbonyl (C=O) groups is 1. The number of esters is 1. The van der Waals surface area contributed by atoms with Gasteiger partial charge < -0.3 is 14.9 Å². The Morgan fingerprint density at radius 3 is 2.73 bits per heavy atom. The number of ether oxygens (including phenoxy) is 1. The topological polar surface area (TPSA) is 106 Å². The first kappa shape index (κ1) is 19.6. The Bertz CT molecular complexity index is 705. The summed E-state index contributed by atoms with van der Waals surface area (Å²) in [4.78, 5) is 11.7. The van der Waals surface area contributed by atoms with Crippen molar-refractivity contribution in [2.24, 2.45) is 5.10 Å². The number of hydrogen-bond acceptors (Lipinski definition) is 8. The largest absolute Gasteiger partial charge is 0.426 e. The van der Waals surface area contributed by atoms with Crippen molar-refractivity contribution in [2.75, 3.05) is 7.05 Å². The van der Waals surface area contributed by atoms with Crippen molar-refractivity contribution in [3.05, 3.63) is 54.4 Å². The first-order valence-corrected chi connectivity index (χ1v) is 7.87. The Morgan fingerprint density at radius 1 is 1.42 bits per heavy atom. The molecule has 0 radical (unpaired) electrons. The smallest absolute Gasteiger partial charge is 0.313 e. The number of hydrogen-bond donors (Lipinski definition) is 4. The van der Waals surface area contributed by atoms with Crippen LogP contribution in [0.4, 0.5) is 4.39 Å². The number of hydrazone groups is 1. The normalized spacial score (nSPS) is 16.5. The van der Waals surface area contributed by atoms with E-state index in [1.165, 1.54) is 23.3 Å². The van der Waals surface area contributed by atoms with E-state index in [9.17, 15) is 19.4 Å². The molecule has 9 heteroatoms. The Balaban J connectivity index is 1.74. The summed E-state index contributed by atoms with van der Waals surface area (Å²) in [5.41, 5.74) is 6.07. The second-order valence-electron chi connectivity index (χ2n) is 5.70. The number of aliphatic hydroxyl groups excluding tert-OH is 2. The van der Waals surface area contributed by atoms with E-state index in [1.807, 2.05) is 0 Å². The van der Waals surface area contributed by atoms with Crippen molar-refractivity contribution in [1.29, 1.82) is 0 Å². The second kappa shape index (κ2) is 9.09. The molecule has 1 aromatic rings. The molecule has 4 N–H and O–H groups in total.